The molecule has 1 aromatic rings. The molecule has 0 aromatic carbocycles. The molecule has 0 saturated carbocycles. The zero-order chi connectivity index (χ0) is 23.1. The van der Waals surface area contributed by atoms with Crippen LogP contribution in [0, 0.1) is 5.82 Å². The Bertz CT molecular complexity index is 1060. The van der Waals surface area contributed by atoms with Gasteiger partial charge in [0.15, 0.2) is 6.23 Å². The van der Waals surface area contributed by atoms with Crippen LogP contribution in [0.3, 0.4) is 0 Å². The lowest BCUT2D eigenvalue weighted by Gasteiger charge is -2.33. The molecule has 0 aliphatic carbocycles. The summed E-state index contributed by atoms with van der Waals surface area (Å²) in [7, 11) is -18.0. The highest BCUT2D eigenvalue weighted by molar-refractivity contribution is 7.65. The number of ether oxygens (including phenoxy) is 1. The number of phosphoric ester groups is 1. The fourth-order valence-corrected chi connectivity index (χ4v) is 5.09. The van der Waals surface area contributed by atoms with Gasteiger partial charge >= 0.3 is 5.69 Å². The van der Waals surface area contributed by atoms with Crippen LogP contribution in [0.15, 0.2) is 15.8 Å². The smallest absolute Gasteiger partial charge is 0.330 e. The average Bonchev–Trinajstić information content (AvgIpc) is 2.81. The number of halogens is 1. The number of hydrogen-bond donors (Lipinski definition) is 7. The third-order valence-corrected chi connectivity index (χ3v) is 7.03. The third kappa shape index (κ3) is 9.15. The van der Waals surface area contributed by atoms with Crippen LogP contribution in [0.1, 0.15) is 6.23 Å². The van der Waals surface area contributed by atoms with E-state index in [2.05, 4.69) is 13.1 Å². The largest absolute Gasteiger partial charge is 0.756 e. The molecule has 3 unspecified atom stereocenters. The second-order valence-electron chi connectivity index (χ2n) is 5.51. The normalized spacial score (nSPS) is 27.6. The topological polar surface area (TPSA) is 382 Å². The number of hydrogen-bond acceptors (Lipinski definition) is 14. The third-order valence-electron chi connectivity index (χ3n) is 3.34. The van der Waals surface area contributed by atoms with Crippen molar-refractivity contribution in [2.45, 2.75) is 24.5 Å². The van der Waals surface area contributed by atoms with Crippen molar-refractivity contribution in [3.63, 3.8) is 0 Å². The average molecular weight is 553 g/mol. The Morgan fingerprint density at radius 1 is 1.06 bits per heavy atom. The minimum atomic E-state index is -6.15. The van der Waals surface area contributed by atoms with Crippen molar-refractivity contribution in [3.05, 3.63) is 32.9 Å². The van der Waals surface area contributed by atoms with Crippen LogP contribution in [-0.2, 0) is 31.6 Å². The van der Waals surface area contributed by atoms with Gasteiger partial charge in [-0.25, -0.2) is 13.4 Å². The lowest BCUT2D eigenvalue weighted by Crippen LogP contribution is -2.38. The zero-order valence-electron chi connectivity index (χ0n) is 17.0. The second-order valence-corrected chi connectivity index (χ2v) is 9.80. The van der Waals surface area contributed by atoms with E-state index in [1.165, 1.54) is 0 Å². The lowest BCUT2D eigenvalue weighted by atomic mass is 10.1. The highest BCUT2D eigenvalue weighted by Gasteiger charge is 2.45. The van der Waals surface area contributed by atoms with Gasteiger partial charge in [0.25, 0.3) is 29.0 Å². The first kappa shape index (κ1) is 34.0. The number of quaternary nitrogens is 3. The van der Waals surface area contributed by atoms with E-state index < -0.39 is 71.7 Å². The molecule has 1 aliphatic rings. The summed E-state index contributed by atoms with van der Waals surface area (Å²) < 4.78 is 62.1. The Morgan fingerprint density at radius 3 is 2.12 bits per heavy atom. The summed E-state index contributed by atoms with van der Waals surface area (Å²) >= 11 is 0. The molecular weight excluding hydrogens is 530 g/mol. The van der Waals surface area contributed by atoms with E-state index in [1.54, 1.807) is 4.98 Å². The van der Waals surface area contributed by atoms with E-state index in [0.717, 1.165) is 0 Å². The Balaban J connectivity index is 0. The van der Waals surface area contributed by atoms with E-state index in [0.29, 0.717) is 10.8 Å². The number of nitrogens with zero attached hydrogens (tertiary/aromatic N) is 1. The summed E-state index contributed by atoms with van der Waals surface area (Å²) in [5, 5.41) is 19.8. The Labute approximate surface area is 182 Å². The van der Waals surface area contributed by atoms with Gasteiger partial charge in [0.2, 0.25) is 5.82 Å². The van der Waals surface area contributed by atoms with Crippen molar-refractivity contribution < 1.29 is 65.8 Å². The molecule has 20 nitrogen and oxygen atoms in total. The van der Waals surface area contributed by atoms with Gasteiger partial charge in [-0.15, -0.1) is 0 Å². The molecule has 1 aromatic heterocycles. The SMILES string of the molecule is O=c1[nH]c(=O)n([C@@H]2O[C@H](COP(=O)([O-])OP(=O)([O-])OP(=O)([O-])O)[C@@H](O)[C@H]2O)cc1F.[NH4+].[NH4+].[NH4+]. The van der Waals surface area contributed by atoms with Crippen molar-refractivity contribution in [2.24, 2.45) is 0 Å². The number of nitrogens with one attached hydrogen (secondary N) is 1. The lowest BCUT2D eigenvalue weighted by molar-refractivity contribution is -0.250. The molecule has 2 heterocycles. The number of aliphatic hydroxyl groups is 2. The highest BCUT2D eigenvalue weighted by atomic mass is 31.3. The molecular formula is C9H23FN5O15P3. The number of aromatic amines is 1. The van der Waals surface area contributed by atoms with Crippen LogP contribution >= 0.6 is 23.5 Å². The maximum Gasteiger partial charge on any atom is 0.330 e. The van der Waals surface area contributed by atoms with Gasteiger partial charge in [0.1, 0.15) is 18.3 Å². The predicted molar refractivity (Wildman–Crippen MR) is 98.3 cm³/mol. The van der Waals surface area contributed by atoms with Gasteiger partial charge < -0.3 is 57.5 Å². The van der Waals surface area contributed by atoms with E-state index in [-0.39, 0.29) is 18.5 Å². The molecule has 16 N–H and O–H groups in total. The first-order valence-corrected chi connectivity index (χ1v) is 11.7. The zero-order valence-corrected chi connectivity index (χ0v) is 19.7. The van der Waals surface area contributed by atoms with Crippen molar-refractivity contribution in [1.82, 2.24) is 28.0 Å². The monoisotopic (exact) mass is 553 g/mol. The van der Waals surface area contributed by atoms with E-state index in [9.17, 15) is 52.6 Å². The van der Waals surface area contributed by atoms with Gasteiger partial charge in [-0.05, 0) is 0 Å². The van der Waals surface area contributed by atoms with Crippen molar-refractivity contribution >= 4 is 23.5 Å². The first-order valence-electron chi connectivity index (χ1n) is 7.27. The molecule has 33 heavy (non-hydrogen) atoms. The van der Waals surface area contributed by atoms with Crippen molar-refractivity contribution in [1.29, 1.82) is 0 Å². The molecule has 196 valence electrons. The number of aromatic nitrogens is 2. The van der Waals surface area contributed by atoms with E-state index in [1.807, 2.05) is 0 Å². The molecule has 7 atom stereocenters. The second kappa shape index (κ2) is 12.0. The fourth-order valence-electron chi connectivity index (χ4n) is 2.20. The molecule has 24 heteroatoms. The van der Waals surface area contributed by atoms with E-state index in [4.69, 9.17) is 9.63 Å². The predicted octanol–water partition coefficient (Wildman–Crippen LogP) is -3.13. The van der Waals surface area contributed by atoms with Gasteiger partial charge in [0.05, 0.1) is 12.8 Å². The summed E-state index contributed by atoms with van der Waals surface area (Å²) in [6.45, 7) is -1.25. The van der Waals surface area contributed by atoms with Crippen LogP contribution in [0.5, 0.6) is 0 Å². The quantitative estimate of drug-likeness (QED) is 0.156. The molecule has 0 amide bonds. The molecule has 1 fully saturated rings. The van der Waals surface area contributed by atoms with Crippen molar-refractivity contribution in [3.8, 4) is 0 Å². The van der Waals surface area contributed by atoms with Crippen LogP contribution in [0.4, 0.5) is 4.39 Å². The summed E-state index contributed by atoms with van der Waals surface area (Å²) in [5.74, 6) is -1.46. The molecule has 0 bridgehead atoms. The fraction of sp³-hybridized carbons (Fsp3) is 0.556. The number of H-pyrrole nitrogens is 1. The molecule has 0 spiro atoms. The Morgan fingerprint density at radius 2 is 1.61 bits per heavy atom. The molecule has 1 aliphatic heterocycles. The molecule has 1 saturated heterocycles. The number of aliphatic hydroxyl groups excluding tert-OH is 2. The van der Waals surface area contributed by atoms with Crippen LogP contribution < -0.4 is 44.4 Å². The maximum absolute atomic E-state index is 13.4. The summed E-state index contributed by atoms with van der Waals surface area (Å²) in [4.78, 5) is 65.4. The molecule has 2 rings (SSSR count). The summed E-state index contributed by atoms with van der Waals surface area (Å²) in [5.41, 5.74) is -2.64. The van der Waals surface area contributed by atoms with Gasteiger partial charge in [-0.2, -0.15) is 4.39 Å². The van der Waals surface area contributed by atoms with Gasteiger partial charge in [-0.3, -0.25) is 28.0 Å². The minimum absolute atomic E-state index is 0. The number of phosphoric acid groups is 3. The summed E-state index contributed by atoms with van der Waals surface area (Å²) in [6.07, 6.45) is -7.19. The van der Waals surface area contributed by atoms with Crippen LogP contribution in [0.2, 0.25) is 0 Å². The summed E-state index contributed by atoms with van der Waals surface area (Å²) in [6, 6.07) is 0. The maximum atomic E-state index is 13.4. The Kier molecular flexibility index (Phi) is 12.3. The van der Waals surface area contributed by atoms with Crippen LogP contribution in [-0.4, -0.2) is 49.6 Å². The van der Waals surface area contributed by atoms with Gasteiger partial charge in [0, 0.05) is 0 Å². The molecule has 0 radical (unpaired) electrons. The van der Waals surface area contributed by atoms with Gasteiger partial charge in [-0.1, -0.05) is 0 Å². The van der Waals surface area contributed by atoms with Crippen molar-refractivity contribution in [2.75, 3.05) is 6.61 Å². The Hall–Kier alpha value is -1.22. The highest BCUT2D eigenvalue weighted by Crippen LogP contribution is 2.61. The first-order chi connectivity index (χ1) is 13.5. The standard InChI is InChI=1S/C9H14FN2O15P3.3H3N/c10-3-1-12(9(16)11-7(3)15)8-6(14)5(13)4(25-8)2-24-29(20,21)27-30(22,23)26-28(17,18)19;;;/h1,4-6,8,13-14H,2H2,(H,20,21)(H,22,23)(H,11,15,16)(H2,17,18,19);3*1H3/t4-,5-,6-,8-;;;/m1.../s1. The van der Waals surface area contributed by atoms with E-state index >= 15 is 0 Å². The number of rotatable bonds is 8. The van der Waals surface area contributed by atoms with Crippen LogP contribution in [0.25, 0.3) is 0 Å². The minimum Gasteiger partial charge on any atom is -0.756 e.